The summed E-state index contributed by atoms with van der Waals surface area (Å²) >= 11 is 0. The first-order valence-corrected chi connectivity index (χ1v) is 6.61. The Labute approximate surface area is 94.7 Å². The van der Waals surface area contributed by atoms with Crippen LogP contribution in [0, 0.1) is 11.8 Å². The summed E-state index contributed by atoms with van der Waals surface area (Å²) in [6.07, 6.45) is 4.71. The van der Waals surface area contributed by atoms with E-state index in [-0.39, 0.29) is 6.10 Å². The van der Waals surface area contributed by atoms with E-state index in [1.165, 1.54) is 19.3 Å². The van der Waals surface area contributed by atoms with E-state index in [1.54, 1.807) is 0 Å². The first-order valence-electron chi connectivity index (χ1n) is 6.61. The predicted octanol–water partition coefficient (Wildman–Crippen LogP) is 2.52. The van der Waals surface area contributed by atoms with Crippen molar-refractivity contribution >= 4 is 0 Å². The smallest absolute Gasteiger partial charge is 0.0580 e. The summed E-state index contributed by atoms with van der Waals surface area (Å²) in [5.74, 6) is 1.37. The first-order chi connectivity index (χ1) is 7.21. The van der Waals surface area contributed by atoms with Gasteiger partial charge >= 0.3 is 0 Å². The Morgan fingerprint density at radius 2 is 1.80 bits per heavy atom. The molecule has 1 saturated carbocycles. The van der Waals surface area contributed by atoms with Crippen LogP contribution >= 0.6 is 0 Å². The minimum absolute atomic E-state index is 0.0478. The lowest BCUT2D eigenvalue weighted by atomic mass is 9.78. The zero-order valence-corrected chi connectivity index (χ0v) is 10.6. The van der Waals surface area contributed by atoms with Crippen LogP contribution in [0.4, 0.5) is 0 Å². The Morgan fingerprint density at radius 3 is 2.33 bits per heavy atom. The fraction of sp³-hybridized carbons (Fsp3) is 1.00. The largest absolute Gasteiger partial charge is 0.393 e. The van der Waals surface area contributed by atoms with Crippen molar-refractivity contribution < 1.29 is 5.11 Å². The SMILES string of the molecule is CCC1CCC(O)C(CN(CC)CC)C1. The van der Waals surface area contributed by atoms with E-state index in [2.05, 4.69) is 25.7 Å². The lowest BCUT2D eigenvalue weighted by Crippen LogP contribution is -2.38. The fourth-order valence-electron chi connectivity index (χ4n) is 2.73. The number of hydrogen-bond donors (Lipinski definition) is 1. The van der Waals surface area contributed by atoms with Gasteiger partial charge in [0.05, 0.1) is 6.10 Å². The molecular formula is C13H27NO. The van der Waals surface area contributed by atoms with E-state index in [4.69, 9.17) is 0 Å². The lowest BCUT2D eigenvalue weighted by Gasteiger charge is -2.35. The summed E-state index contributed by atoms with van der Waals surface area (Å²) in [6.45, 7) is 9.99. The van der Waals surface area contributed by atoms with Crippen molar-refractivity contribution in [2.75, 3.05) is 19.6 Å². The zero-order valence-electron chi connectivity index (χ0n) is 10.6. The van der Waals surface area contributed by atoms with Crippen LogP contribution in [0.5, 0.6) is 0 Å². The minimum atomic E-state index is -0.0478. The maximum Gasteiger partial charge on any atom is 0.0580 e. The third-order valence-corrected chi connectivity index (χ3v) is 4.02. The molecule has 2 nitrogen and oxygen atoms in total. The van der Waals surface area contributed by atoms with Gasteiger partial charge in [0.1, 0.15) is 0 Å². The van der Waals surface area contributed by atoms with Crippen molar-refractivity contribution in [2.24, 2.45) is 11.8 Å². The molecule has 90 valence electrons. The van der Waals surface area contributed by atoms with Crippen LogP contribution in [0.1, 0.15) is 46.5 Å². The topological polar surface area (TPSA) is 23.5 Å². The van der Waals surface area contributed by atoms with Crippen molar-refractivity contribution in [3.63, 3.8) is 0 Å². The van der Waals surface area contributed by atoms with Crippen LogP contribution in [0.15, 0.2) is 0 Å². The third-order valence-electron chi connectivity index (χ3n) is 4.02. The molecule has 0 radical (unpaired) electrons. The van der Waals surface area contributed by atoms with E-state index in [9.17, 15) is 5.11 Å². The zero-order chi connectivity index (χ0) is 11.3. The van der Waals surface area contributed by atoms with E-state index in [0.717, 1.165) is 32.0 Å². The molecule has 1 rings (SSSR count). The van der Waals surface area contributed by atoms with Gasteiger partial charge in [-0.25, -0.2) is 0 Å². The molecule has 0 aromatic carbocycles. The summed E-state index contributed by atoms with van der Waals surface area (Å²) in [4.78, 5) is 2.44. The highest BCUT2D eigenvalue weighted by Gasteiger charge is 2.28. The molecule has 0 heterocycles. The molecule has 0 aromatic rings. The second kappa shape index (κ2) is 6.49. The van der Waals surface area contributed by atoms with Crippen LogP contribution in [-0.2, 0) is 0 Å². The van der Waals surface area contributed by atoms with Crippen LogP contribution in [0.3, 0.4) is 0 Å². The van der Waals surface area contributed by atoms with Crippen molar-refractivity contribution in [1.82, 2.24) is 4.90 Å². The maximum atomic E-state index is 10.00. The molecule has 1 aliphatic rings. The van der Waals surface area contributed by atoms with Crippen LogP contribution in [0.25, 0.3) is 0 Å². The van der Waals surface area contributed by atoms with Crippen molar-refractivity contribution in [3.05, 3.63) is 0 Å². The molecule has 3 atom stereocenters. The molecule has 0 bridgehead atoms. The van der Waals surface area contributed by atoms with E-state index in [0.29, 0.717) is 5.92 Å². The van der Waals surface area contributed by atoms with Crippen LogP contribution < -0.4 is 0 Å². The predicted molar refractivity (Wildman–Crippen MR) is 64.9 cm³/mol. The van der Waals surface area contributed by atoms with Gasteiger partial charge in [-0.3, -0.25) is 0 Å². The molecule has 15 heavy (non-hydrogen) atoms. The standard InChI is InChI=1S/C13H27NO/c1-4-11-7-8-13(15)12(9-11)10-14(5-2)6-3/h11-13,15H,4-10H2,1-3H3. The number of hydrogen-bond acceptors (Lipinski definition) is 2. The Morgan fingerprint density at radius 1 is 1.13 bits per heavy atom. The van der Waals surface area contributed by atoms with Crippen LogP contribution in [0.2, 0.25) is 0 Å². The van der Waals surface area contributed by atoms with E-state index < -0.39 is 0 Å². The highest BCUT2D eigenvalue weighted by atomic mass is 16.3. The average molecular weight is 213 g/mol. The molecule has 1 aliphatic carbocycles. The summed E-state index contributed by atoms with van der Waals surface area (Å²) in [6, 6.07) is 0. The number of nitrogens with zero attached hydrogens (tertiary/aromatic N) is 1. The quantitative estimate of drug-likeness (QED) is 0.758. The second-order valence-electron chi connectivity index (χ2n) is 4.90. The summed E-state index contributed by atoms with van der Waals surface area (Å²) in [7, 11) is 0. The highest BCUT2D eigenvalue weighted by molar-refractivity contribution is 4.81. The first kappa shape index (κ1) is 13.0. The Bertz CT molecular complexity index is 168. The Hall–Kier alpha value is -0.0800. The van der Waals surface area contributed by atoms with Gasteiger partial charge in [-0.1, -0.05) is 27.2 Å². The molecule has 3 unspecified atom stereocenters. The molecule has 1 N–H and O–H groups in total. The monoisotopic (exact) mass is 213 g/mol. The summed E-state index contributed by atoms with van der Waals surface area (Å²) in [5.41, 5.74) is 0. The van der Waals surface area contributed by atoms with Crippen LogP contribution in [-0.4, -0.2) is 35.7 Å². The average Bonchev–Trinajstić information content (AvgIpc) is 2.28. The molecule has 0 aliphatic heterocycles. The van der Waals surface area contributed by atoms with E-state index >= 15 is 0 Å². The van der Waals surface area contributed by atoms with Gasteiger partial charge < -0.3 is 10.0 Å². The molecule has 0 aromatic heterocycles. The molecule has 1 fully saturated rings. The number of rotatable bonds is 5. The third kappa shape index (κ3) is 3.76. The highest BCUT2D eigenvalue weighted by Crippen LogP contribution is 2.31. The Balaban J connectivity index is 2.43. The molecule has 0 saturated heterocycles. The van der Waals surface area contributed by atoms with Gasteiger partial charge in [-0.05, 0) is 44.2 Å². The van der Waals surface area contributed by atoms with Crippen molar-refractivity contribution in [2.45, 2.75) is 52.6 Å². The molecule has 0 spiro atoms. The Kier molecular flexibility index (Phi) is 5.62. The van der Waals surface area contributed by atoms with Gasteiger partial charge in [-0.2, -0.15) is 0 Å². The summed E-state index contributed by atoms with van der Waals surface area (Å²) in [5, 5.41) is 10.00. The lowest BCUT2D eigenvalue weighted by molar-refractivity contribution is 0.0285. The maximum absolute atomic E-state index is 10.00. The summed E-state index contributed by atoms with van der Waals surface area (Å²) < 4.78 is 0. The normalized spacial score (nSPS) is 32.2. The number of aliphatic hydroxyl groups excluding tert-OH is 1. The van der Waals surface area contributed by atoms with Crippen molar-refractivity contribution in [1.29, 1.82) is 0 Å². The van der Waals surface area contributed by atoms with Crippen molar-refractivity contribution in [3.8, 4) is 0 Å². The van der Waals surface area contributed by atoms with Gasteiger partial charge in [0.15, 0.2) is 0 Å². The van der Waals surface area contributed by atoms with Gasteiger partial charge in [-0.15, -0.1) is 0 Å². The van der Waals surface area contributed by atoms with Gasteiger partial charge in [0.25, 0.3) is 0 Å². The fourth-order valence-corrected chi connectivity index (χ4v) is 2.73. The second-order valence-corrected chi connectivity index (χ2v) is 4.90. The van der Waals surface area contributed by atoms with E-state index in [1.807, 2.05) is 0 Å². The molecule has 2 heteroatoms. The molecular weight excluding hydrogens is 186 g/mol. The van der Waals surface area contributed by atoms with Gasteiger partial charge in [0, 0.05) is 6.54 Å². The number of aliphatic hydroxyl groups is 1. The molecule has 0 amide bonds. The van der Waals surface area contributed by atoms with Gasteiger partial charge in [0.2, 0.25) is 0 Å². The minimum Gasteiger partial charge on any atom is -0.393 e.